The summed E-state index contributed by atoms with van der Waals surface area (Å²) in [6, 6.07) is 18.7. The van der Waals surface area contributed by atoms with Crippen LogP contribution in [0.5, 0.6) is 0 Å². The molecule has 3 aromatic carbocycles. The first-order valence-electron chi connectivity index (χ1n) is 9.74. The standard InChI is InChI=1S/C23H19F3N2O2S/c24-23(25,26)31-18-10-8-17(9-11-18)21(29)27-12-14-28(15-13-27)22(30)20-7-3-5-16-4-1-2-6-19(16)20/h1-11H,12-15H2. The van der Waals surface area contributed by atoms with E-state index in [4.69, 9.17) is 0 Å². The number of halogens is 3. The summed E-state index contributed by atoms with van der Waals surface area (Å²) in [5.41, 5.74) is -3.39. The number of hydrogen-bond donors (Lipinski definition) is 0. The van der Waals surface area contributed by atoms with Gasteiger partial charge in [0.25, 0.3) is 11.8 Å². The summed E-state index contributed by atoms with van der Waals surface area (Å²) in [7, 11) is 0. The molecule has 0 aromatic heterocycles. The monoisotopic (exact) mass is 444 g/mol. The molecule has 0 aliphatic carbocycles. The number of amides is 2. The number of fused-ring (bicyclic) bond motifs is 1. The van der Waals surface area contributed by atoms with Crippen molar-refractivity contribution in [1.82, 2.24) is 9.80 Å². The molecule has 1 saturated heterocycles. The second-order valence-corrected chi connectivity index (χ2v) is 8.32. The van der Waals surface area contributed by atoms with Crippen molar-refractivity contribution in [2.75, 3.05) is 26.2 Å². The minimum absolute atomic E-state index is 0.0366. The van der Waals surface area contributed by atoms with Crippen molar-refractivity contribution in [2.45, 2.75) is 10.4 Å². The van der Waals surface area contributed by atoms with Crippen molar-refractivity contribution < 1.29 is 22.8 Å². The molecule has 0 N–H and O–H groups in total. The van der Waals surface area contributed by atoms with Gasteiger partial charge in [-0.3, -0.25) is 9.59 Å². The van der Waals surface area contributed by atoms with Crippen LogP contribution < -0.4 is 0 Å². The van der Waals surface area contributed by atoms with Crippen LogP contribution in [0.1, 0.15) is 20.7 Å². The summed E-state index contributed by atoms with van der Waals surface area (Å²) in [6.07, 6.45) is 0. The van der Waals surface area contributed by atoms with E-state index in [2.05, 4.69) is 0 Å². The van der Waals surface area contributed by atoms with E-state index in [1.807, 2.05) is 42.5 Å². The molecule has 0 radical (unpaired) electrons. The lowest BCUT2D eigenvalue weighted by molar-refractivity contribution is -0.0328. The highest BCUT2D eigenvalue weighted by Gasteiger charge is 2.30. The van der Waals surface area contributed by atoms with Gasteiger partial charge in [-0.05, 0) is 52.9 Å². The lowest BCUT2D eigenvalue weighted by Gasteiger charge is -2.35. The van der Waals surface area contributed by atoms with Gasteiger partial charge in [-0.1, -0.05) is 36.4 Å². The minimum Gasteiger partial charge on any atom is -0.335 e. The molecule has 8 heteroatoms. The number of nitrogens with zero attached hydrogens (tertiary/aromatic N) is 2. The highest BCUT2D eigenvalue weighted by atomic mass is 32.2. The molecule has 4 nitrogen and oxygen atoms in total. The van der Waals surface area contributed by atoms with E-state index in [0.717, 1.165) is 10.8 Å². The molecule has 3 aromatic rings. The average molecular weight is 444 g/mol. The van der Waals surface area contributed by atoms with Crippen molar-refractivity contribution in [1.29, 1.82) is 0 Å². The van der Waals surface area contributed by atoms with Gasteiger partial charge in [-0.15, -0.1) is 0 Å². The van der Waals surface area contributed by atoms with Crippen LogP contribution >= 0.6 is 11.8 Å². The fourth-order valence-corrected chi connectivity index (χ4v) is 4.22. The Bertz CT molecular complexity index is 1100. The fraction of sp³-hybridized carbons (Fsp3) is 0.217. The first-order valence-corrected chi connectivity index (χ1v) is 10.6. The van der Waals surface area contributed by atoms with Gasteiger partial charge < -0.3 is 9.80 Å². The highest BCUT2D eigenvalue weighted by Crippen LogP contribution is 2.36. The Kier molecular flexibility index (Phi) is 5.91. The molecular weight excluding hydrogens is 425 g/mol. The Hall–Kier alpha value is -3.00. The number of carbonyl (C=O) groups excluding carboxylic acids is 2. The molecule has 1 fully saturated rings. The highest BCUT2D eigenvalue weighted by molar-refractivity contribution is 8.00. The minimum atomic E-state index is -4.36. The molecule has 31 heavy (non-hydrogen) atoms. The van der Waals surface area contributed by atoms with Crippen LogP contribution in [-0.2, 0) is 0 Å². The van der Waals surface area contributed by atoms with E-state index in [9.17, 15) is 22.8 Å². The molecule has 1 heterocycles. The van der Waals surface area contributed by atoms with Gasteiger partial charge in [0.05, 0.1) is 0 Å². The SMILES string of the molecule is O=C(c1ccc(SC(F)(F)F)cc1)N1CCN(C(=O)c2cccc3ccccc23)CC1. The van der Waals surface area contributed by atoms with Crippen molar-refractivity contribution in [2.24, 2.45) is 0 Å². The predicted octanol–water partition coefficient (Wildman–Crippen LogP) is 5.05. The molecule has 1 aliphatic rings. The van der Waals surface area contributed by atoms with Gasteiger partial charge in [0.1, 0.15) is 0 Å². The van der Waals surface area contributed by atoms with Crippen LogP contribution in [0, 0.1) is 0 Å². The predicted molar refractivity (Wildman–Crippen MR) is 114 cm³/mol. The maximum atomic E-state index is 13.0. The van der Waals surface area contributed by atoms with Crippen LogP contribution in [-0.4, -0.2) is 53.3 Å². The number of hydrogen-bond acceptors (Lipinski definition) is 3. The normalized spacial score (nSPS) is 14.7. The van der Waals surface area contributed by atoms with Crippen molar-refractivity contribution in [3.8, 4) is 0 Å². The Morgan fingerprint density at radius 3 is 1.97 bits per heavy atom. The largest absolute Gasteiger partial charge is 0.446 e. The van der Waals surface area contributed by atoms with E-state index >= 15 is 0 Å². The van der Waals surface area contributed by atoms with Crippen LogP contribution in [0.15, 0.2) is 71.6 Å². The van der Waals surface area contributed by atoms with Crippen LogP contribution in [0.2, 0.25) is 0 Å². The molecule has 0 bridgehead atoms. The molecule has 4 rings (SSSR count). The lowest BCUT2D eigenvalue weighted by atomic mass is 10.0. The quantitative estimate of drug-likeness (QED) is 0.531. The number of benzene rings is 3. The van der Waals surface area contributed by atoms with Gasteiger partial charge in [-0.2, -0.15) is 13.2 Å². The summed E-state index contributed by atoms with van der Waals surface area (Å²) >= 11 is -0.210. The van der Waals surface area contributed by atoms with Crippen molar-refractivity contribution >= 4 is 34.3 Å². The zero-order valence-electron chi connectivity index (χ0n) is 16.4. The molecule has 1 aliphatic heterocycles. The van der Waals surface area contributed by atoms with Gasteiger partial charge in [0.15, 0.2) is 0 Å². The third-order valence-electron chi connectivity index (χ3n) is 5.21. The zero-order chi connectivity index (χ0) is 22.0. The summed E-state index contributed by atoms with van der Waals surface area (Å²) in [4.78, 5) is 29.1. The van der Waals surface area contributed by atoms with E-state index < -0.39 is 5.51 Å². The molecule has 0 atom stereocenters. The summed E-state index contributed by atoms with van der Waals surface area (Å²) < 4.78 is 37.4. The molecular formula is C23H19F3N2O2S. The third kappa shape index (κ3) is 4.85. The number of thioether (sulfide) groups is 1. The number of carbonyl (C=O) groups is 2. The topological polar surface area (TPSA) is 40.6 Å². The van der Waals surface area contributed by atoms with Crippen molar-refractivity contribution in [3.05, 3.63) is 77.9 Å². The maximum Gasteiger partial charge on any atom is 0.446 e. The Labute approximate surface area is 181 Å². The van der Waals surface area contributed by atoms with Gasteiger partial charge in [0.2, 0.25) is 0 Å². The number of alkyl halides is 3. The molecule has 0 saturated carbocycles. The van der Waals surface area contributed by atoms with Crippen molar-refractivity contribution in [3.63, 3.8) is 0 Å². The smallest absolute Gasteiger partial charge is 0.335 e. The average Bonchev–Trinajstić information content (AvgIpc) is 2.77. The molecule has 2 amide bonds. The Balaban J connectivity index is 1.40. The van der Waals surface area contributed by atoms with Crippen LogP contribution in [0.4, 0.5) is 13.2 Å². The second kappa shape index (κ2) is 8.63. The van der Waals surface area contributed by atoms with Gasteiger partial charge >= 0.3 is 5.51 Å². The Morgan fingerprint density at radius 1 is 0.742 bits per heavy atom. The van der Waals surface area contributed by atoms with Gasteiger partial charge in [-0.25, -0.2) is 0 Å². The van der Waals surface area contributed by atoms with E-state index in [0.29, 0.717) is 37.3 Å². The first-order chi connectivity index (χ1) is 14.8. The third-order valence-corrected chi connectivity index (χ3v) is 5.95. The van der Waals surface area contributed by atoms with E-state index in [-0.39, 0.29) is 28.5 Å². The molecule has 0 spiro atoms. The number of rotatable bonds is 3. The second-order valence-electron chi connectivity index (χ2n) is 7.18. The first kappa shape index (κ1) is 21.2. The van der Waals surface area contributed by atoms with Crippen LogP contribution in [0.25, 0.3) is 10.8 Å². The lowest BCUT2D eigenvalue weighted by Crippen LogP contribution is -2.50. The van der Waals surface area contributed by atoms with E-state index in [1.165, 1.54) is 24.3 Å². The number of piperazine rings is 1. The van der Waals surface area contributed by atoms with Gasteiger partial charge in [0, 0.05) is 42.2 Å². The Morgan fingerprint density at radius 2 is 1.32 bits per heavy atom. The summed E-state index contributed by atoms with van der Waals surface area (Å²) in [6.45, 7) is 1.54. The summed E-state index contributed by atoms with van der Waals surface area (Å²) in [5.74, 6) is -0.321. The summed E-state index contributed by atoms with van der Waals surface area (Å²) in [5, 5.41) is 1.89. The maximum absolute atomic E-state index is 13.0. The van der Waals surface area contributed by atoms with Crippen LogP contribution in [0.3, 0.4) is 0 Å². The zero-order valence-corrected chi connectivity index (χ0v) is 17.2. The molecule has 0 unspecified atom stereocenters. The molecule has 160 valence electrons. The van der Waals surface area contributed by atoms with E-state index in [1.54, 1.807) is 9.80 Å². The fourth-order valence-electron chi connectivity index (χ4n) is 3.68.